The third kappa shape index (κ3) is 3.27. The van der Waals surface area contributed by atoms with E-state index in [0.717, 1.165) is 29.9 Å². The highest BCUT2D eigenvalue weighted by molar-refractivity contribution is 6.33. The van der Waals surface area contributed by atoms with Crippen LogP contribution in [0.4, 0.5) is 0 Å². The smallest absolute Gasteiger partial charge is 0.271 e. The van der Waals surface area contributed by atoms with Crippen LogP contribution in [0.3, 0.4) is 0 Å². The normalized spacial score (nSPS) is 15.1. The Hall–Kier alpha value is -3.19. The number of halogens is 1. The Labute approximate surface area is 172 Å². The van der Waals surface area contributed by atoms with E-state index in [9.17, 15) is 4.79 Å². The first-order valence-corrected chi connectivity index (χ1v) is 9.98. The van der Waals surface area contributed by atoms with Crippen LogP contribution in [0.2, 0.25) is 5.02 Å². The van der Waals surface area contributed by atoms with Crippen molar-refractivity contribution in [1.29, 1.82) is 0 Å². The van der Waals surface area contributed by atoms with Crippen molar-refractivity contribution in [2.45, 2.75) is 18.8 Å². The number of benzene rings is 1. The molecule has 1 N–H and O–H groups in total. The average molecular weight is 407 g/mol. The molecule has 146 valence electrons. The highest BCUT2D eigenvalue weighted by Crippen LogP contribution is 2.29. The first-order chi connectivity index (χ1) is 14.2. The zero-order valence-electron chi connectivity index (χ0n) is 15.6. The van der Waals surface area contributed by atoms with E-state index in [1.165, 1.54) is 0 Å². The number of piperidine rings is 1. The highest BCUT2D eigenvalue weighted by atomic mass is 35.5. The van der Waals surface area contributed by atoms with Crippen molar-refractivity contribution in [2.75, 3.05) is 13.1 Å². The van der Waals surface area contributed by atoms with Crippen LogP contribution >= 0.6 is 11.6 Å². The minimum Gasteiger partial charge on any atom is -0.337 e. The van der Waals surface area contributed by atoms with Crippen LogP contribution in [0, 0.1) is 0 Å². The van der Waals surface area contributed by atoms with Crippen molar-refractivity contribution in [3.05, 3.63) is 71.3 Å². The number of carbonyl (C=O) groups excluding carboxylic acids is 1. The van der Waals surface area contributed by atoms with Crippen molar-refractivity contribution in [3.63, 3.8) is 0 Å². The number of H-pyrrole nitrogens is 1. The first-order valence-electron chi connectivity index (χ1n) is 9.60. The largest absolute Gasteiger partial charge is 0.337 e. The monoisotopic (exact) mass is 406 g/mol. The molecule has 4 aromatic rings. The van der Waals surface area contributed by atoms with Crippen molar-refractivity contribution in [1.82, 2.24) is 29.7 Å². The highest BCUT2D eigenvalue weighted by Gasteiger charge is 2.28. The molecule has 1 amide bonds. The number of aromatic amines is 1. The van der Waals surface area contributed by atoms with Gasteiger partial charge in [0.15, 0.2) is 5.65 Å². The van der Waals surface area contributed by atoms with Gasteiger partial charge in [0.2, 0.25) is 0 Å². The van der Waals surface area contributed by atoms with Crippen LogP contribution in [0.15, 0.2) is 54.7 Å². The lowest BCUT2D eigenvalue weighted by Gasteiger charge is -2.30. The maximum Gasteiger partial charge on any atom is 0.271 e. The summed E-state index contributed by atoms with van der Waals surface area (Å²) in [5.74, 6) is 1.22. The van der Waals surface area contributed by atoms with Gasteiger partial charge in [0.05, 0.1) is 10.7 Å². The fraction of sp³-hybridized carbons (Fsp3) is 0.238. The summed E-state index contributed by atoms with van der Waals surface area (Å²) in [4.78, 5) is 14.8. The van der Waals surface area contributed by atoms with Gasteiger partial charge in [-0.3, -0.25) is 14.3 Å². The molecule has 1 saturated heterocycles. The Morgan fingerprint density at radius 3 is 2.69 bits per heavy atom. The van der Waals surface area contributed by atoms with Gasteiger partial charge in [-0.15, -0.1) is 10.2 Å². The summed E-state index contributed by atoms with van der Waals surface area (Å²) in [5, 5.41) is 16.4. The lowest BCUT2D eigenvalue weighted by atomic mass is 9.95. The molecule has 1 aliphatic rings. The Morgan fingerprint density at radius 2 is 1.86 bits per heavy atom. The first kappa shape index (κ1) is 17.9. The number of likely N-dealkylation sites (tertiary alicyclic amines) is 1. The van der Waals surface area contributed by atoms with Crippen LogP contribution in [0.5, 0.6) is 0 Å². The van der Waals surface area contributed by atoms with E-state index in [1.54, 1.807) is 6.07 Å². The molecule has 0 spiro atoms. The van der Waals surface area contributed by atoms with E-state index in [2.05, 4.69) is 20.4 Å². The molecule has 0 radical (unpaired) electrons. The van der Waals surface area contributed by atoms with Gasteiger partial charge in [-0.2, -0.15) is 5.10 Å². The van der Waals surface area contributed by atoms with Gasteiger partial charge < -0.3 is 4.90 Å². The van der Waals surface area contributed by atoms with Crippen LogP contribution in [-0.2, 0) is 0 Å². The third-order valence-electron chi connectivity index (χ3n) is 5.45. The minimum atomic E-state index is -0.0413. The average Bonchev–Trinajstić information content (AvgIpc) is 3.41. The molecular weight excluding hydrogens is 388 g/mol. The predicted octanol–water partition coefficient (Wildman–Crippen LogP) is 3.79. The number of nitrogens with zero attached hydrogens (tertiary/aromatic N) is 5. The van der Waals surface area contributed by atoms with Gasteiger partial charge in [-0.05, 0) is 37.1 Å². The maximum absolute atomic E-state index is 12.9. The summed E-state index contributed by atoms with van der Waals surface area (Å²) >= 11 is 6.24. The number of aromatic nitrogens is 5. The molecule has 3 aromatic heterocycles. The zero-order chi connectivity index (χ0) is 19.8. The lowest BCUT2D eigenvalue weighted by Crippen LogP contribution is -2.38. The van der Waals surface area contributed by atoms with Crippen molar-refractivity contribution in [3.8, 4) is 11.3 Å². The minimum absolute atomic E-state index is 0.0413. The topological polar surface area (TPSA) is 79.2 Å². The van der Waals surface area contributed by atoms with Gasteiger partial charge in [-0.1, -0.05) is 35.9 Å². The number of carbonyl (C=O) groups is 1. The number of amides is 1. The van der Waals surface area contributed by atoms with Crippen LogP contribution in [0.25, 0.3) is 16.9 Å². The Morgan fingerprint density at radius 1 is 1.07 bits per heavy atom. The van der Waals surface area contributed by atoms with E-state index in [0.29, 0.717) is 29.5 Å². The second-order valence-electron chi connectivity index (χ2n) is 7.20. The standard InChI is InChI=1S/C21H19ClN6O/c22-16-6-2-1-5-15(16)17-13-18(24-23-17)21(29)27-11-8-14(9-12-27)20-26-25-19-7-3-4-10-28(19)20/h1-7,10,13-14H,8-9,11-12H2,(H,23,24). The molecule has 5 rings (SSSR count). The number of hydrogen-bond acceptors (Lipinski definition) is 4. The molecule has 7 nitrogen and oxygen atoms in total. The number of rotatable bonds is 3. The molecule has 0 saturated carbocycles. The maximum atomic E-state index is 12.9. The number of fused-ring (bicyclic) bond motifs is 1. The molecular formula is C21H19ClN6O. The third-order valence-corrected chi connectivity index (χ3v) is 5.78. The molecule has 8 heteroatoms. The molecule has 0 atom stereocenters. The molecule has 1 aromatic carbocycles. The Balaban J connectivity index is 1.29. The van der Waals surface area contributed by atoms with E-state index < -0.39 is 0 Å². The summed E-state index contributed by atoms with van der Waals surface area (Å²) in [6.07, 6.45) is 3.70. The second-order valence-corrected chi connectivity index (χ2v) is 7.61. The predicted molar refractivity (Wildman–Crippen MR) is 110 cm³/mol. The van der Waals surface area contributed by atoms with Gasteiger partial charge >= 0.3 is 0 Å². The summed E-state index contributed by atoms with van der Waals surface area (Å²) in [6, 6.07) is 15.1. The zero-order valence-corrected chi connectivity index (χ0v) is 16.4. The summed E-state index contributed by atoms with van der Waals surface area (Å²) in [6.45, 7) is 1.34. The second kappa shape index (κ2) is 7.33. The van der Waals surface area contributed by atoms with Gasteiger partial charge in [0.25, 0.3) is 5.91 Å². The molecule has 1 fully saturated rings. The van der Waals surface area contributed by atoms with E-state index >= 15 is 0 Å². The molecule has 1 aliphatic heterocycles. The van der Waals surface area contributed by atoms with Crippen molar-refractivity contribution < 1.29 is 4.79 Å². The van der Waals surface area contributed by atoms with Crippen LogP contribution in [0.1, 0.15) is 35.1 Å². The number of pyridine rings is 1. The summed E-state index contributed by atoms with van der Waals surface area (Å²) < 4.78 is 2.03. The molecule has 0 aliphatic carbocycles. The SMILES string of the molecule is O=C(c1cc(-c2ccccc2Cl)n[nH]1)N1CCC(c2nnc3ccccn23)CC1. The lowest BCUT2D eigenvalue weighted by molar-refractivity contribution is 0.0705. The van der Waals surface area contributed by atoms with Gasteiger partial charge in [-0.25, -0.2) is 0 Å². The fourth-order valence-corrected chi connectivity index (χ4v) is 4.12. The Kier molecular flexibility index (Phi) is 4.52. The Bertz CT molecular complexity index is 1170. The molecule has 29 heavy (non-hydrogen) atoms. The van der Waals surface area contributed by atoms with E-state index in [4.69, 9.17) is 11.6 Å². The summed E-state index contributed by atoms with van der Waals surface area (Å²) in [7, 11) is 0. The van der Waals surface area contributed by atoms with Gasteiger partial charge in [0, 0.05) is 30.8 Å². The van der Waals surface area contributed by atoms with E-state index in [-0.39, 0.29) is 11.8 Å². The van der Waals surface area contributed by atoms with Crippen molar-refractivity contribution in [2.24, 2.45) is 0 Å². The fourth-order valence-electron chi connectivity index (χ4n) is 3.89. The molecule has 0 bridgehead atoms. The van der Waals surface area contributed by atoms with Crippen LogP contribution in [-0.4, -0.2) is 48.7 Å². The summed E-state index contributed by atoms with van der Waals surface area (Å²) in [5.41, 5.74) is 2.81. The van der Waals surface area contributed by atoms with Crippen molar-refractivity contribution >= 4 is 23.2 Å². The number of nitrogens with one attached hydrogen (secondary N) is 1. The molecule has 0 unspecified atom stereocenters. The van der Waals surface area contributed by atoms with Gasteiger partial charge in [0.1, 0.15) is 11.5 Å². The van der Waals surface area contributed by atoms with Crippen LogP contribution < -0.4 is 0 Å². The van der Waals surface area contributed by atoms with E-state index in [1.807, 2.05) is 58.0 Å². The molecule has 4 heterocycles. The quantitative estimate of drug-likeness (QED) is 0.561. The number of hydrogen-bond donors (Lipinski definition) is 1.